The van der Waals surface area contributed by atoms with Gasteiger partial charge in [-0.3, -0.25) is 9.59 Å². The van der Waals surface area contributed by atoms with E-state index in [0.29, 0.717) is 0 Å². The fourth-order valence-corrected chi connectivity index (χ4v) is 4.10. The number of methoxy groups -OCH3 is 1. The highest BCUT2D eigenvalue weighted by Crippen LogP contribution is 2.19. The predicted octanol–water partition coefficient (Wildman–Crippen LogP) is 1.98. The molecule has 0 unspecified atom stereocenters. The van der Waals surface area contributed by atoms with Crippen LogP contribution in [0, 0.1) is 0 Å². The summed E-state index contributed by atoms with van der Waals surface area (Å²) in [6, 6.07) is 13.0. The Hall–Kier alpha value is -4.38. The Balaban J connectivity index is 1.88. The number of aromatic nitrogens is 1. The van der Waals surface area contributed by atoms with Crippen molar-refractivity contribution in [2.75, 3.05) is 13.7 Å². The van der Waals surface area contributed by atoms with Gasteiger partial charge in [-0.2, -0.15) is 0 Å². The van der Waals surface area contributed by atoms with Crippen molar-refractivity contribution in [3.8, 4) is 0 Å². The first-order chi connectivity index (χ1) is 19.0. The van der Waals surface area contributed by atoms with Gasteiger partial charge in [-0.15, -0.1) is 0 Å². The number of fused-ring (bicyclic) bond motifs is 1. The summed E-state index contributed by atoms with van der Waals surface area (Å²) < 4.78 is 10.0. The highest BCUT2D eigenvalue weighted by Gasteiger charge is 2.31. The second-order valence-electron chi connectivity index (χ2n) is 10.3. The van der Waals surface area contributed by atoms with Crippen molar-refractivity contribution in [2.24, 2.45) is 0 Å². The predicted molar refractivity (Wildman–Crippen MR) is 148 cm³/mol. The summed E-state index contributed by atoms with van der Waals surface area (Å²) in [5, 5.41) is 18.2. The number of ether oxygens (including phenoxy) is 2. The van der Waals surface area contributed by atoms with Crippen LogP contribution >= 0.6 is 0 Å². The van der Waals surface area contributed by atoms with E-state index in [9.17, 15) is 24.3 Å². The van der Waals surface area contributed by atoms with Crippen molar-refractivity contribution in [1.82, 2.24) is 20.9 Å². The lowest BCUT2D eigenvalue weighted by molar-refractivity contribution is -0.146. The van der Waals surface area contributed by atoms with E-state index in [0.717, 1.165) is 29.1 Å². The number of amides is 3. The summed E-state index contributed by atoms with van der Waals surface area (Å²) in [5.74, 6) is -2.17. The minimum atomic E-state index is -1.32. The average molecular weight is 553 g/mol. The number of H-pyrrole nitrogens is 1. The summed E-state index contributed by atoms with van der Waals surface area (Å²) in [7, 11) is 1.14. The molecular formula is C29H36N4O7. The first kappa shape index (κ1) is 30.2. The zero-order valence-corrected chi connectivity index (χ0v) is 23.0. The standard InChI is InChI=1S/C29H36N4O7/c1-29(2,3)40-28(38)33-22(14-18-10-6-5-7-11-18)25(35)31-23(26(36)32-24(17-34)27(37)39-4)15-19-16-30-21-13-9-8-12-20(19)21/h5-13,16,22-24,30,34H,14-15,17H2,1-4H3,(H,31,35)(H,32,36)(H,33,38)/t22-,23-,24-/m0/s1. The monoisotopic (exact) mass is 552 g/mol. The van der Waals surface area contributed by atoms with Crippen molar-refractivity contribution in [3.63, 3.8) is 0 Å². The van der Waals surface area contributed by atoms with Crippen molar-refractivity contribution >= 4 is 34.8 Å². The first-order valence-electron chi connectivity index (χ1n) is 12.9. The average Bonchev–Trinajstić information content (AvgIpc) is 3.32. The smallest absolute Gasteiger partial charge is 0.408 e. The van der Waals surface area contributed by atoms with E-state index in [2.05, 4.69) is 25.7 Å². The fourth-order valence-electron chi connectivity index (χ4n) is 4.10. The van der Waals surface area contributed by atoms with E-state index in [1.807, 2.05) is 54.6 Å². The van der Waals surface area contributed by atoms with Gasteiger partial charge in [0.05, 0.1) is 13.7 Å². The third-order valence-electron chi connectivity index (χ3n) is 6.01. The molecule has 0 saturated heterocycles. The van der Waals surface area contributed by atoms with Crippen LogP contribution in [0.4, 0.5) is 4.79 Å². The second-order valence-corrected chi connectivity index (χ2v) is 10.3. The van der Waals surface area contributed by atoms with Crippen LogP contribution in [0.2, 0.25) is 0 Å². The molecule has 11 heteroatoms. The lowest BCUT2D eigenvalue weighted by Gasteiger charge is -2.26. The van der Waals surface area contributed by atoms with Gasteiger partial charge in [0.25, 0.3) is 0 Å². The number of aliphatic hydroxyl groups excluding tert-OH is 1. The molecule has 0 bridgehead atoms. The molecule has 3 rings (SSSR count). The van der Waals surface area contributed by atoms with Gasteiger partial charge in [0.2, 0.25) is 11.8 Å². The van der Waals surface area contributed by atoms with E-state index in [-0.39, 0.29) is 12.8 Å². The summed E-state index contributed by atoms with van der Waals surface area (Å²) in [4.78, 5) is 54.7. The number of para-hydroxylation sites is 1. The van der Waals surface area contributed by atoms with Crippen LogP contribution in [-0.4, -0.2) is 71.4 Å². The molecule has 0 aliphatic rings. The highest BCUT2D eigenvalue weighted by atomic mass is 16.6. The van der Waals surface area contributed by atoms with Gasteiger partial charge >= 0.3 is 12.1 Å². The number of hydrogen-bond acceptors (Lipinski definition) is 7. The third kappa shape index (κ3) is 8.57. The molecular weight excluding hydrogens is 516 g/mol. The zero-order chi connectivity index (χ0) is 29.3. The van der Waals surface area contributed by atoms with E-state index < -0.39 is 54.2 Å². The Morgan fingerprint density at radius 1 is 0.850 bits per heavy atom. The maximum atomic E-state index is 13.6. The lowest BCUT2D eigenvalue weighted by atomic mass is 10.0. The number of aliphatic hydroxyl groups is 1. The number of nitrogens with one attached hydrogen (secondary N) is 4. The number of rotatable bonds is 11. The topological polar surface area (TPSA) is 159 Å². The molecule has 2 aromatic carbocycles. The maximum Gasteiger partial charge on any atom is 0.408 e. The Bertz CT molecular complexity index is 1320. The molecule has 40 heavy (non-hydrogen) atoms. The number of hydrogen-bond donors (Lipinski definition) is 5. The molecule has 0 aliphatic heterocycles. The summed E-state index contributed by atoms with van der Waals surface area (Å²) in [6.07, 6.45) is 1.15. The van der Waals surface area contributed by atoms with Gasteiger partial charge in [0.1, 0.15) is 17.7 Å². The van der Waals surface area contributed by atoms with Crippen LogP contribution < -0.4 is 16.0 Å². The van der Waals surface area contributed by atoms with Crippen molar-refractivity contribution < 1.29 is 33.8 Å². The van der Waals surface area contributed by atoms with Crippen LogP contribution in [0.1, 0.15) is 31.9 Å². The van der Waals surface area contributed by atoms with Crippen LogP contribution in [0.15, 0.2) is 60.8 Å². The largest absolute Gasteiger partial charge is 0.467 e. The summed E-state index contributed by atoms with van der Waals surface area (Å²) >= 11 is 0. The Kier molecular flexibility index (Phi) is 10.3. The van der Waals surface area contributed by atoms with Gasteiger partial charge in [-0.1, -0.05) is 48.5 Å². The fraction of sp³-hybridized carbons (Fsp3) is 0.379. The van der Waals surface area contributed by atoms with Crippen LogP contribution in [0.5, 0.6) is 0 Å². The SMILES string of the molecule is COC(=O)[C@H](CO)NC(=O)[C@H](Cc1c[nH]c2ccccc12)NC(=O)[C@H](Cc1ccccc1)NC(=O)OC(C)(C)C. The Morgan fingerprint density at radius 2 is 1.45 bits per heavy atom. The Morgan fingerprint density at radius 3 is 2.08 bits per heavy atom. The molecule has 1 aromatic heterocycles. The molecule has 11 nitrogen and oxygen atoms in total. The number of aromatic amines is 1. The van der Waals surface area contributed by atoms with Gasteiger partial charge in [-0.25, -0.2) is 9.59 Å². The van der Waals surface area contributed by atoms with Gasteiger partial charge in [0.15, 0.2) is 6.04 Å². The maximum absolute atomic E-state index is 13.6. The summed E-state index contributed by atoms with van der Waals surface area (Å²) in [5.41, 5.74) is 1.58. The van der Waals surface area contributed by atoms with E-state index in [4.69, 9.17) is 4.74 Å². The van der Waals surface area contributed by atoms with Gasteiger partial charge < -0.3 is 35.5 Å². The zero-order valence-electron chi connectivity index (χ0n) is 23.0. The number of carbonyl (C=O) groups is 4. The summed E-state index contributed by atoms with van der Waals surface area (Å²) in [6.45, 7) is 4.43. The molecule has 3 amide bonds. The Labute approximate surface area is 232 Å². The van der Waals surface area contributed by atoms with E-state index in [1.165, 1.54) is 0 Å². The quantitative estimate of drug-likeness (QED) is 0.228. The van der Waals surface area contributed by atoms with Gasteiger partial charge in [-0.05, 0) is 38.0 Å². The molecule has 0 saturated carbocycles. The molecule has 0 fully saturated rings. The normalized spacial score (nSPS) is 13.5. The number of alkyl carbamates (subject to hydrolysis) is 1. The van der Waals surface area contributed by atoms with E-state index in [1.54, 1.807) is 27.0 Å². The third-order valence-corrected chi connectivity index (χ3v) is 6.01. The molecule has 214 valence electrons. The molecule has 3 aromatic rings. The number of esters is 1. The van der Waals surface area contributed by atoms with Crippen molar-refractivity contribution in [2.45, 2.75) is 57.3 Å². The number of benzene rings is 2. The molecule has 1 heterocycles. The molecule has 0 spiro atoms. The van der Waals surface area contributed by atoms with Crippen LogP contribution in [0.25, 0.3) is 10.9 Å². The van der Waals surface area contributed by atoms with Gasteiger partial charge in [0, 0.05) is 29.9 Å². The lowest BCUT2D eigenvalue weighted by Crippen LogP contribution is -2.57. The molecule has 3 atom stereocenters. The number of carbonyl (C=O) groups excluding carboxylic acids is 4. The minimum absolute atomic E-state index is 0.0609. The van der Waals surface area contributed by atoms with Crippen molar-refractivity contribution in [1.29, 1.82) is 0 Å². The molecule has 0 radical (unpaired) electrons. The minimum Gasteiger partial charge on any atom is -0.467 e. The highest BCUT2D eigenvalue weighted by molar-refractivity contribution is 5.94. The second kappa shape index (κ2) is 13.6. The molecule has 0 aliphatic carbocycles. The van der Waals surface area contributed by atoms with Crippen LogP contribution in [-0.2, 0) is 36.7 Å². The molecule has 5 N–H and O–H groups in total. The van der Waals surface area contributed by atoms with Crippen molar-refractivity contribution in [3.05, 3.63) is 71.9 Å². The van der Waals surface area contributed by atoms with E-state index >= 15 is 0 Å². The first-order valence-corrected chi connectivity index (χ1v) is 12.9. The van der Waals surface area contributed by atoms with Crippen LogP contribution in [0.3, 0.4) is 0 Å².